The van der Waals surface area contributed by atoms with Crippen LogP contribution in [0.4, 0.5) is 0 Å². The number of ether oxygens (including phenoxy) is 1. The Morgan fingerprint density at radius 3 is 2.78 bits per heavy atom. The maximum Gasteiger partial charge on any atom is 0.189 e. The normalized spacial score (nSPS) is 15.4. The molecule has 0 bridgehead atoms. The third-order valence-corrected chi connectivity index (χ3v) is 3.97. The van der Waals surface area contributed by atoms with Gasteiger partial charge < -0.3 is 9.84 Å². The number of aromatic hydroxyl groups is 1. The first-order chi connectivity index (χ1) is 11.1. The zero-order chi connectivity index (χ0) is 16.4. The van der Waals surface area contributed by atoms with Crippen LogP contribution in [0.15, 0.2) is 54.1 Å². The summed E-state index contributed by atoms with van der Waals surface area (Å²) < 4.78 is 5.08. The molecule has 0 heterocycles. The van der Waals surface area contributed by atoms with Crippen molar-refractivity contribution in [2.24, 2.45) is 0 Å². The van der Waals surface area contributed by atoms with Gasteiger partial charge in [0.15, 0.2) is 17.3 Å². The minimum Gasteiger partial charge on any atom is -0.504 e. The molecule has 0 fully saturated rings. The number of benzene rings is 2. The molecule has 0 atom stereocenters. The number of rotatable bonds is 3. The van der Waals surface area contributed by atoms with E-state index >= 15 is 0 Å². The van der Waals surface area contributed by atoms with Gasteiger partial charge in [0.05, 0.1) is 7.11 Å². The Kier molecular flexibility index (Phi) is 4.02. The Morgan fingerprint density at radius 2 is 2.00 bits per heavy atom. The molecule has 0 aromatic heterocycles. The summed E-state index contributed by atoms with van der Waals surface area (Å²) in [4.78, 5) is 12.4. The second-order valence-corrected chi connectivity index (χ2v) is 5.65. The van der Waals surface area contributed by atoms with E-state index < -0.39 is 0 Å². The van der Waals surface area contributed by atoms with Gasteiger partial charge in [-0.15, -0.1) is 0 Å². The van der Waals surface area contributed by atoms with E-state index in [1.165, 1.54) is 7.11 Å². The summed E-state index contributed by atoms with van der Waals surface area (Å²) in [6, 6.07) is 11.1. The number of phenolic OH excluding ortho intramolecular Hbond substituents is 1. The number of carbonyl (C=O) groups excluding carboxylic acids is 1. The van der Waals surface area contributed by atoms with Crippen molar-refractivity contribution in [3.63, 3.8) is 0 Å². The molecule has 2 aromatic rings. The van der Waals surface area contributed by atoms with Gasteiger partial charge in [-0.3, -0.25) is 4.79 Å². The lowest BCUT2D eigenvalue weighted by Crippen LogP contribution is -1.95. The third-order valence-electron chi connectivity index (χ3n) is 3.97. The van der Waals surface area contributed by atoms with Crippen molar-refractivity contribution >= 4 is 11.9 Å². The van der Waals surface area contributed by atoms with E-state index in [2.05, 4.69) is 0 Å². The number of methoxy groups -OCH3 is 1. The van der Waals surface area contributed by atoms with Crippen LogP contribution in [0, 0.1) is 6.92 Å². The van der Waals surface area contributed by atoms with E-state index in [4.69, 9.17) is 4.74 Å². The molecule has 0 aliphatic heterocycles. The number of ketones is 1. The van der Waals surface area contributed by atoms with Gasteiger partial charge in [-0.1, -0.05) is 42.0 Å². The lowest BCUT2D eigenvalue weighted by atomic mass is 10.1. The molecule has 116 valence electrons. The fourth-order valence-electron chi connectivity index (χ4n) is 2.72. The molecule has 2 aromatic carbocycles. The number of hydrogen-bond acceptors (Lipinski definition) is 3. The molecule has 3 rings (SSSR count). The Bertz CT molecular complexity index is 829. The van der Waals surface area contributed by atoms with Gasteiger partial charge in [-0.2, -0.15) is 0 Å². The number of allylic oxidation sites excluding steroid dienone is 3. The van der Waals surface area contributed by atoms with Crippen molar-refractivity contribution in [2.75, 3.05) is 7.11 Å². The van der Waals surface area contributed by atoms with Gasteiger partial charge in [0.1, 0.15) is 0 Å². The van der Waals surface area contributed by atoms with Crippen LogP contribution in [0.3, 0.4) is 0 Å². The smallest absolute Gasteiger partial charge is 0.189 e. The van der Waals surface area contributed by atoms with Crippen molar-refractivity contribution in [3.05, 3.63) is 76.4 Å². The van der Waals surface area contributed by atoms with E-state index in [1.54, 1.807) is 18.2 Å². The van der Waals surface area contributed by atoms with Crippen molar-refractivity contribution < 1.29 is 14.6 Å². The Morgan fingerprint density at radius 1 is 1.17 bits per heavy atom. The zero-order valence-corrected chi connectivity index (χ0v) is 13.2. The predicted octanol–water partition coefficient (Wildman–Crippen LogP) is 4.09. The maximum atomic E-state index is 12.4. The molecular weight excluding hydrogens is 288 g/mol. The van der Waals surface area contributed by atoms with Gasteiger partial charge in [-0.25, -0.2) is 0 Å². The van der Waals surface area contributed by atoms with E-state index in [-0.39, 0.29) is 11.5 Å². The molecule has 3 heteroatoms. The van der Waals surface area contributed by atoms with Crippen LogP contribution in [0.25, 0.3) is 6.08 Å². The van der Waals surface area contributed by atoms with Gasteiger partial charge in [0, 0.05) is 17.6 Å². The van der Waals surface area contributed by atoms with Crippen molar-refractivity contribution in [1.29, 1.82) is 0 Å². The minimum atomic E-state index is 0.108. The Labute approximate surface area is 135 Å². The third kappa shape index (κ3) is 3.04. The van der Waals surface area contributed by atoms with Gasteiger partial charge >= 0.3 is 0 Å². The first-order valence-corrected chi connectivity index (χ1v) is 7.47. The Hall–Kier alpha value is -2.81. The molecular formula is C20H18O3. The summed E-state index contributed by atoms with van der Waals surface area (Å²) in [5, 5.41) is 9.58. The first-order valence-electron chi connectivity index (χ1n) is 7.47. The number of fused-ring (bicyclic) bond motifs is 1. The van der Waals surface area contributed by atoms with E-state index in [9.17, 15) is 9.90 Å². The maximum absolute atomic E-state index is 12.4. The summed E-state index contributed by atoms with van der Waals surface area (Å²) in [7, 11) is 1.51. The molecule has 0 unspecified atom stereocenters. The molecule has 3 nitrogen and oxygen atoms in total. The van der Waals surface area contributed by atoms with E-state index in [1.807, 2.05) is 43.4 Å². The second-order valence-electron chi connectivity index (χ2n) is 5.65. The van der Waals surface area contributed by atoms with Crippen LogP contribution in [0.1, 0.15) is 27.0 Å². The van der Waals surface area contributed by atoms with Crippen LogP contribution >= 0.6 is 0 Å². The van der Waals surface area contributed by atoms with Gasteiger partial charge in [-0.05, 0) is 36.2 Å². The number of carbonyl (C=O) groups is 1. The predicted molar refractivity (Wildman–Crippen MR) is 91.0 cm³/mol. The fourth-order valence-corrected chi connectivity index (χ4v) is 2.72. The van der Waals surface area contributed by atoms with Crippen LogP contribution in [-0.2, 0) is 6.42 Å². The topological polar surface area (TPSA) is 46.5 Å². The summed E-state index contributed by atoms with van der Waals surface area (Å²) in [5.74, 6) is 0.649. The number of phenols is 1. The molecule has 1 aliphatic carbocycles. The molecule has 0 saturated carbocycles. The first kappa shape index (κ1) is 15.1. The summed E-state index contributed by atoms with van der Waals surface area (Å²) in [6.07, 6.45) is 6.28. The average molecular weight is 306 g/mol. The van der Waals surface area contributed by atoms with Crippen LogP contribution in [-0.4, -0.2) is 18.0 Å². The molecule has 0 spiro atoms. The molecule has 23 heavy (non-hydrogen) atoms. The summed E-state index contributed by atoms with van der Waals surface area (Å²) in [5.41, 5.74) is 4.70. The fraction of sp³-hybridized carbons (Fsp3) is 0.150. The molecule has 1 aliphatic rings. The second kappa shape index (κ2) is 6.13. The average Bonchev–Trinajstić information content (AvgIpc) is 2.85. The standard InChI is InChI=1S/C20H18O3/c1-13-6-8-15-12-16(20(22)17(15)10-13)5-3-4-14-7-9-18(21)19(11-14)23-2/h3-11,21H,12H2,1-2H3/b4-3+,16-5+. The van der Waals surface area contributed by atoms with E-state index in [0.29, 0.717) is 12.2 Å². The monoisotopic (exact) mass is 306 g/mol. The Balaban J connectivity index is 1.80. The summed E-state index contributed by atoms with van der Waals surface area (Å²) in [6.45, 7) is 1.99. The highest BCUT2D eigenvalue weighted by molar-refractivity contribution is 6.13. The van der Waals surface area contributed by atoms with Gasteiger partial charge in [0.25, 0.3) is 0 Å². The lowest BCUT2D eigenvalue weighted by molar-refractivity contribution is 0.103. The van der Waals surface area contributed by atoms with Crippen molar-refractivity contribution in [2.45, 2.75) is 13.3 Å². The number of hydrogen-bond donors (Lipinski definition) is 1. The molecule has 1 N–H and O–H groups in total. The molecule has 0 amide bonds. The van der Waals surface area contributed by atoms with Crippen LogP contribution in [0.5, 0.6) is 11.5 Å². The van der Waals surface area contributed by atoms with Crippen molar-refractivity contribution in [3.8, 4) is 11.5 Å². The summed E-state index contributed by atoms with van der Waals surface area (Å²) >= 11 is 0. The largest absolute Gasteiger partial charge is 0.504 e. The number of aryl methyl sites for hydroxylation is 1. The highest BCUT2D eigenvalue weighted by Gasteiger charge is 2.23. The highest BCUT2D eigenvalue weighted by Crippen LogP contribution is 2.28. The van der Waals surface area contributed by atoms with Crippen LogP contribution in [0.2, 0.25) is 0 Å². The highest BCUT2D eigenvalue weighted by atomic mass is 16.5. The van der Waals surface area contributed by atoms with E-state index in [0.717, 1.165) is 27.8 Å². The SMILES string of the molecule is COc1cc(/C=C/C=C2\Cc3ccc(C)cc3C2=O)ccc1O. The quantitative estimate of drug-likeness (QED) is 0.869. The number of Topliss-reactive ketones (excluding diaryl/α,β-unsaturated/α-hetero) is 1. The molecule has 0 saturated heterocycles. The lowest BCUT2D eigenvalue weighted by Gasteiger charge is -2.03. The zero-order valence-electron chi connectivity index (χ0n) is 13.2. The van der Waals surface area contributed by atoms with Crippen molar-refractivity contribution in [1.82, 2.24) is 0 Å². The molecule has 0 radical (unpaired) electrons. The van der Waals surface area contributed by atoms with Gasteiger partial charge in [0.2, 0.25) is 0 Å². The van der Waals surface area contributed by atoms with Crippen LogP contribution < -0.4 is 4.74 Å². The minimum absolute atomic E-state index is 0.108.